The number of nitrogens with one attached hydrogen (secondary N) is 3. The molecule has 0 aliphatic rings. The van der Waals surface area contributed by atoms with E-state index in [2.05, 4.69) is 15.8 Å². The van der Waals surface area contributed by atoms with Gasteiger partial charge in [0.1, 0.15) is 11.4 Å². The highest BCUT2D eigenvalue weighted by Crippen LogP contribution is 2.12. The van der Waals surface area contributed by atoms with E-state index in [1.54, 1.807) is 24.4 Å². The molecule has 6 heteroatoms. The molecule has 2 rings (SSSR count). The number of hydrogen-bond acceptors (Lipinski definition) is 3. The molecule has 0 spiro atoms. The predicted molar refractivity (Wildman–Crippen MR) is 83.0 cm³/mol. The van der Waals surface area contributed by atoms with Gasteiger partial charge in [0.2, 0.25) is 0 Å². The molecule has 2 amide bonds. The highest BCUT2D eigenvalue weighted by Gasteiger charge is 2.05. The van der Waals surface area contributed by atoms with E-state index in [0.29, 0.717) is 12.3 Å². The van der Waals surface area contributed by atoms with E-state index in [4.69, 9.17) is 4.74 Å². The lowest BCUT2D eigenvalue weighted by atomic mass is 10.2. The average Bonchev–Trinajstić information content (AvgIpc) is 3.07. The fraction of sp³-hybridized carbons (Fsp3) is 0.125. The van der Waals surface area contributed by atoms with E-state index in [1.165, 1.54) is 6.08 Å². The average molecular weight is 299 g/mol. The van der Waals surface area contributed by atoms with Crippen LogP contribution in [-0.4, -0.2) is 23.4 Å². The van der Waals surface area contributed by atoms with E-state index < -0.39 is 11.8 Å². The number of carbonyl (C=O) groups is 2. The second-order valence-corrected chi connectivity index (χ2v) is 4.36. The first-order valence-corrected chi connectivity index (χ1v) is 6.83. The van der Waals surface area contributed by atoms with Crippen molar-refractivity contribution < 1.29 is 14.3 Å². The molecule has 0 atom stereocenters. The first kappa shape index (κ1) is 15.4. The highest BCUT2D eigenvalue weighted by molar-refractivity contribution is 5.96. The quantitative estimate of drug-likeness (QED) is 0.582. The number of carbonyl (C=O) groups excluding carboxylic acids is 2. The van der Waals surface area contributed by atoms with Gasteiger partial charge in [0.15, 0.2) is 0 Å². The molecule has 1 aromatic heterocycles. The molecule has 0 bridgehead atoms. The summed E-state index contributed by atoms with van der Waals surface area (Å²) in [5, 5.41) is 0. The molecule has 1 aromatic carbocycles. The molecule has 6 nitrogen and oxygen atoms in total. The summed E-state index contributed by atoms with van der Waals surface area (Å²) in [5.41, 5.74) is 5.84. The summed E-state index contributed by atoms with van der Waals surface area (Å²) in [6.07, 6.45) is 4.61. The first-order chi connectivity index (χ1) is 10.7. The van der Waals surface area contributed by atoms with Crippen molar-refractivity contribution in [1.29, 1.82) is 0 Å². The van der Waals surface area contributed by atoms with Crippen LogP contribution in [0, 0.1) is 0 Å². The van der Waals surface area contributed by atoms with Gasteiger partial charge in [-0.05, 0) is 42.8 Å². The standard InChI is InChI=1S/C16H17N3O3/c1-2-22-13-8-5-12(6-9-13)7-10-15(20)18-19-16(21)14-4-3-11-17-14/h3-11,17H,2H2,1H3,(H,18,20)(H,19,21)/b10-7+. The van der Waals surface area contributed by atoms with Gasteiger partial charge in [0, 0.05) is 12.3 Å². The van der Waals surface area contributed by atoms with Gasteiger partial charge < -0.3 is 9.72 Å². The van der Waals surface area contributed by atoms with Crippen molar-refractivity contribution >= 4 is 17.9 Å². The summed E-state index contributed by atoms with van der Waals surface area (Å²) in [6, 6.07) is 10.6. The summed E-state index contributed by atoms with van der Waals surface area (Å²) < 4.78 is 5.33. The number of hydrogen-bond donors (Lipinski definition) is 3. The Kier molecular flexibility index (Phi) is 5.37. The van der Waals surface area contributed by atoms with Crippen LogP contribution < -0.4 is 15.6 Å². The zero-order valence-electron chi connectivity index (χ0n) is 12.1. The lowest BCUT2D eigenvalue weighted by molar-refractivity contribution is -0.117. The smallest absolute Gasteiger partial charge is 0.286 e. The molecule has 114 valence electrons. The maximum absolute atomic E-state index is 11.6. The number of amides is 2. The minimum Gasteiger partial charge on any atom is -0.494 e. The fourth-order valence-electron chi connectivity index (χ4n) is 1.71. The predicted octanol–water partition coefficient (Wildman–Crippen LogP) is 1.89. The number of benzene rings is 1. The summed E-state index contributed by atoms with van der Waals surface area (Å²) in [7, 11) is 0. The minimum atomic E-state index is -0.422. The monoisotopic (exact) mass is 299 g/mol. The Labute approximate surface area is 128 Å². The van der Waals surface area contributed by atoms with Crippen molar-refractivity contribution in [1.82, 2.24) is 15.8 Å². The second kappa shape index (κ2) is 7.68. The third-order valence-electron chi connectivity index (χ3n) is 2.76. The van der Waals surface area contributed by atoms with Gasteiger partial charge in [0.05, 0.1) is 6.61 Å². The molecule has 0 aliphatic heterocycles. The topological polar surface area (TPSA) is 83.2 Å². The SMILES string of the molecule is CCOc1ccc(/C=C/C(=O)NNC(=O)c2ccc[nH]2)cc1. The van der Waals surface area contributed by atoms with Gasteiger partial charge in [-0.25, -0.2) is 0 Å². The molecule has 0 unspecified atom stereocenters. The molecule has 2 aromatic rings. The van der Waals surface area contributed by atoms with Crippen LogP contribution in [0.5, 0.6) is 5.75 Å². The van der Waals surface area contributed by atoms with Gasteiger partial charge in [-0.15, -0.1) is 0 Å². The molecule has 0 aliphatic carbocycles. The van der Waals surface area contributed by atoms with Gasteiger partial charge in [-0.2, -0.15) is 0 Å². The number of rotatable bonds is 5. The van der Waals surface area contributed by atoms with Gasteiger partial charge in [-0.3, -0.25) is 20.4 Å². The molecule has 22 heavy (non-hydrogen) atoms. The van der Waals surface area contributed by atoms with E-state index >= 15 is 0 Å². The number of H-pyrrole nitrogens is 1. The minimum absolute atomic E-state index is 0.371. The Bertz CT molecular complexity index is 646. The van der Waals surface area contributed by atoms with Crippen LogP contribution in [-0.2, 0) is 4.79 Å². The van der Waals surface area contributed by atoms with Crippen molar-refractivity contribution in [3.05, 3.63) is 59.9 Å². The van der Waals surface area contributed by atoms with Crippen LogP contribution in [0.3, 0.4) is 0 Å². The van der Waals surface area contributed by atoms with Gasteiger partial charge in [0.25, 0.3) is 11.8 Å². The third-order valence-corrected chi connectivity index (χ3v) is 2.76. The summed E-state index contributed by atoms with van der Waals surface area (Å²) in [5.74, 6) is -0.0519. The Morgan fingerprint density at radius 1 is 1.18 bits per heavy atom. The maximum Gasteiger partial charge on any atom is 0.286 e. The van der Waals surface area contributed by atoms with E-state index in [1.807, 2.05) is 31.2 Å². The molecule has 0 radical (unpaired) electrons. The lowest BCUT2D eigenvalue weighted by Gasteiger charge is -2.04. The van der Waals surface area contributed by atoms with Crippen molar-refractivity contribution in [3.63, 3.8) is 0 Å². The van der Waals surface area contributed by atoms with Crippen LogP contribution in [0.15, 0.2) is 48.7 Å². The van der Waals surface area contributed by atoms with Gasteiger partial charge >= 0.3 is 0 Å². The van der Waals surface area contributed by atoms with Crippen LogP contribution in [0.2, 0.25) is 0 Å². The number of aromatic amines is 1. The van der Waals surface area contributed by atoms with Crippen molar-refractivity contribution in [2.24, 2.45) is 0 Å². The van der Waals surface area contributed by atoms with Crippen LogP contribution in [0.25, 0.3) is 6.08 Å². The Morgan fingerprint density at radius 3 is 2.59 bits per heavy atom. The molecule has 0 saturated heterocycles. The molecular weight excluding hydrogens is 282 g/mol. The van der Waals surface area contributed by atoms with Crippen LogP contribution in [0.1, 0.15) is 23.0 Å². The van der Waals surface area contributed by atoms with Crippen molar-refractivity contribution in [3.8, 4) is 5.75 Å². The molecule has 1 heterocycles. The summed E-state index contributed by atoms with van der Waals surface area (Å²) in [6.45, 7) is 2.53. The largest absolute Gasteiger partial charge is 0.494 e. The number of ether oxygens (including phenoxy) is 1. The molecular formula is C16H17N3O3. The van der Waals surface area contributed by atoms with E-state index in [9.17, 15) is 9.59 Å². The van der Waals surface area contributed by atoms with Crippen LogP contribution >= 0.6 is 0 Å². The molecule has 3 N–H and O–H groups in total. The summed E-state index contributed by atoms with van der Waals surface area (Å²) in [4.78, 5) is 25.9. The third kappa shape index (κ3) is 4.52. The molecule has 0 fully saturated rings. The Morgan fingerprint density at radius 2 is 1.95 bits per heavy atom. The fourth-order valence-corrected chi connectivity index (χ4v) is 1.71. The zero-order valence-corrected chi connectivity index (χ0v) is 12.1. The van der Waals surface area contributed by atoms with E-state index in [-0.39, 0.29) is 0 Å². The normalized spacial score (nSPS) is 10.4. The Balaban J connectivity index is 1.82. The number of hydrazine groups is 1. The maximum atomic E-state index is 11.6. The van der Waals surface area contributed by atoms with Gasteiger partial charge in [-0.1, -0.05) is 12.1 Å². The second-order valence-electron chi connectivity index (χ2n) is 4.36. The zero-order chi connectivity index (χ0) is 15.8. The highest BCUT2D eigenvalue weighted by atomic mass is 16.5. The first-order valence-electron chi connectivity index (χ1n) is 6.83. The summed E-state index contributed by atoms with van der Waals surface area (Å²) >= 11 is 0. The molecule has 0 saturated carbocycles. The van der Waals surface area contributed by atoms with Crippen molar-refractivity contribution in [2.45, 2.75) is 6.92 Å². The van der Waals surface area contributed by atoms with E-state index in [0.717, 1.165) is 11.3 Å². The lowest BCUT2D eigenvalue weighted by Crippen LogP contribution is -2.40. The van der Waals surface area contributed by atoms with Crippen molar-refractivity contribution in [2.75, 3.05) is 6.61 Å². The van der Waals surface area contributed by atoms with Crippen LogP contribution in [0.4, 0.5) is 0 Å². The Hall–Kier alpha value is -3.02. The number of aromatic nitrogens is 1.